The molecule has 1 aromatic heterocycles. The molecule has 2 rings (SSSR count). The van der Waals surface area contributed by atoms with E-state index in [-0.39, 0.29) is 0 Å². The fourth-order valence-corrected chi connectivity index (χ4v) is 1.54. The lowest BCUT2D eigenvalue weighted by Gasteiger charge is -2.07. The third kappa shape index (κ3) is 2.28. The van der Waals surface area contributed by atoms with Crippen LogP contribution in [-0.4, -0.2) is 23.1 Å². The number of aromatic nitrogens is 2. The number of carbonyl (C=O) groups is 1. The minimum atomic E-state index is 0.437. The molecule has 0 saturated heterocycles. The Morgan fingerprint density at radius 2 is 2.29 bits per heavy atom. The van der Waals surface area contributed by atoms with Gasteiger partial charge in [-0.25, -0.2) is 0 Å². The Morgan fingerprint density at radius 1 is 1.47 bits per heavy atom. The molecule has 0 atom stereocenters. The van der Waals surface area contributed by atoms with Crippen LogP contribution in [0.1, 0.15) is 17.4 Å². The third-order valence-electron chi connectivity index (χ3n) is 2.33. The number of nitrogens with one attached hydrogen (secondary N) is 1. The lowest BCUT2D eigenvalue weighted by atomic mass is 10.1. The van der Waals surface area contributed by atoms with E-state index in [1.807, 2.05) is 13.0 Å². The predicted octanol–water partition coefficient (Wildman–Crippen LogP) is 1.87. The van der Waals surface area contributed by atoms with Crippen LogP contribution in [0.15, 0.2) is 24.3 Å². The maximum atomic E-state index is 10.5. The minimum Gasteiger partial charge on any atom is -0.492 e. The van der Waals surface area contributed by atoms with Gasteiger partial charge in [0.1, 0.15) is 5.75 Å². The smallest absolute Gasteiger partial charge is 0.167 e. The van der Waals surface area contributed by atoms with Gasteiger partial charge in [0.05, 0.1) is 23.7 Å². The Morgan fingerprint density at radius 3 is 2.88 bits per heavy atom. The van der Waals surface area contributed by atoms with Gasteiger partial charge in [0.25, 0.3) is 0 Å². The van der Waals surface area contributed by atoms with E-state index in [1.165, 1.54) is 0 Å². The molecule has 0 amide bonds. The molecule has 1 aromatic carbocycles. The molecule has 0 unspecified atom stereocenters. The normalized spacial score (nSPS) is 10.2. The van der Waals surface area contributed by atoms with Crippen LogP contribution in [0.4, 0.5) is 5.69 Å². The molecular formula is C12H13N3O2. The van der Waals surface area contributed by atoms with E-state index in [4.69, 9.17) is 10.5 Å². The van der Waals surface area contributed by atoms with Gasteiger partial charge in [-0.3, -0.25) is 9.89 Å². The largest absolute Gasteiger partial charge is 0.492 e. The quantitative estimate of drug-likeness (QED) is 0.621. The molecule has 0 radical (unpaired) electrons. The SMILES string of the molecule is CCOc1ccc(-c2cc(C=O)[nH]n2)cc1N. The summed E-state index contributed by atoms with van der Waals surface area (Å²) in [6, 6.07) is 7.09. The van der Waals surface area contributed by atoms with Crippen LogP contribution in [0.5, 0.6) is 5.75 Å². The van der Waals surface area contributed by atoms with Crippen molar-refractivity contribution in [1.82, 2.24) is 10.2 Å². The molecule has 1 heterocycles. The van der Waals surface area contributed by atoms with E-state index in [0.717, 1.165) is 5.56 Å². The molecule has 0 bridgehead atoms. The van der Waals surface area contributed by atoms with Gasteiger partial charge in [0.2, 0.25) is 0 Å². The number of ether oxygens (including phenoxy) is 1. The second kappa shape index (κ2) is 4.69. The van der Waals surface area contributed by atoms with Crippen LogP contribution in [-0.2, 0) is 0 Å². The van der Waals surface area contributed by atoms with Crippen molar-refractivity contribution in [1.29, 1.82) is 0 Å². The first-order chi connectivity index (χ1) is 8.24. The molecular weight excluding hydrogens is 218 g/mol. The fraction of sp³-hybridized carbons (Fsp3) is 0.167. The molecule has 0 saturated carbocycles. The number of nitrogens with two attached hydrogens (primary N) is 1. The summed E-state index contributed by atoms with van der Waals surface area (Å²) in [7, 11) is 0. The summed E-state index contributed by atoms with van der Waals surface area (Å²) in [6.07, 6.45) is 0.717. The fourth-order valence-electron chi connectivity index (χ4n) is 1.54. The molecule has 0 spiro atoms. The Labute approximate surface area is 98.6 Å². The molecule has 0 fully saturated rings. The summed E-state index contributed by atoms with van der Waals surface area (Å²) >= 11 is 0. The number of carbonyl (C=O) groups excluding carboxylic acids is 1. The second-order valence-electron chi connectivity index (χ2n) is 3.51. The highest BCUT2D eigenvalue weighted by Gasteiger charge is 2.06. The van der Waals surface area contributed by atoms with Crippen molar-refractivity contribution in [3.05, 3.63) is 30.0 Å². The van der Waals surface area contributed by atoms with E-state index >= 15 is 0 Å². The van der Waals surface area contributed by atoms with E-state index in [9.17, 15) is 4.79 Å². The van der Waals surface area contributed by atoms with Gasteiger partial charge in [0, 0.05) is 5.56 Å². The van der Waals surface area contributed by atoms with Gasteiger partial charge >= 0.3 is 0 Å². The Balaban J connectivity index is 2.33. The van der Waals surface area contributed by atoms with Crippen molar-refractivity contribution in [2.75, 3.05) is 12.3 Å². The third-order valence-corrected chi connectivity index (χ3v) is 2.33. The summed E-state index contributed by atoms with van der Waals surface area (Å²) in [5.74, 6) is 0.655. The van der Waals surface area contributed by atoms with Crippen LogP contribution in [0.25, 0.3) is 11.3 Å². The number of rotatable bonds is 4. The minimum absolute atomic E-state index is 0.437. The summed E-state index contributed by atoms with van der Waals surface area (Å²) in [5, 5.41) is 6.64. The van der Waals surface area contributed by atoms with E-state index in [0.29, 0.717) is 35.7 Å². The number of aldehydes is 1. The van der Waals surface area contributed by atoms with Crippen molar-refractivity contribution < 1.29 is 9.53 Å². The molecule has 5 heteroatoms. The van der Waals surface area contributed by atoms with Crippen LogP contribution in [0, 0.1) is 0 Å². The standard InChI is InChI=1S/C12H13N3O2/c1-2-17-12-4-3-8(5-10(12)13)11-6-9(7-16)14-15-11/h3-7H,2,13H2,1H3,(H,14,15). The molecule has 0 aliphatic carbocycles. The summed E-state index contributed by atoms with van der Waals surface area (Å²) in [6.45, 7) is 2.47. The molecule has 88 valence electrons. The zero-order chi connectivity index (χ0) is 12.3. The van der Waals surface area contributed by atoms with Crippen molar-refractivity contribution in [3.8, 4) is 17.0 Å². The number of H-pyrrole nitrogens is 1. The van der Waals surface area contributed by atoms with Crippen molar-refractivity contribution in [2.45, 2.75) is 6.92 Å². The van der Waals surface area contributed by atoms with Gasteiger partial charge in [-0.1, -0.05) is 0 Å². The first kappa shape index (κ1) is 11.2. The molecule has 0 aliphatic heterocycles. The van der Waals surface area contributed by atoms with Gasteiger partial charge < -0.3 is 10.5 Å². The van der Waals surface area contributed by atoms with Crippen molar-refractivity contribution >= 4 is 12.0 Å². The number of hydrogen-bond acceptors (Lipinski definition) is 4. The van der Waals surface area contributed by atoms with Crippen LogP contribution < -0.4 is 10.5 Å². The van der Waals surface area contributed by atoms with Crippen LogP contribution in [0.2, 0.25) is 0 Å². The summed E-state index contributed by atoms with van der Waals surface area (Å²) in [5.41, 5.74) is 8.37. The van der Waals surface area contributed by atoms with Crippen LogP contribution >= 0.6 is 0 Å². The number of hydrogen-bond donors (Lipinski definition) is 2. The monoisotopic (exact) mass is 231 g/mol. The molecule has 5 nitrogen and oxygen atoms in total. The molecule has 17 heavy (non-hydrogen) atoms. The number of anilines is 1. The first-order valence-electron chi connectivity index (χ1n) is 5.28. The van der Waals surface area contributed by atoms with Crippen molar-refractivity contribution in [3.63, 3.8) is 0 Å². The maximum absolute atomic E-state index is 10.5. The van der Waals surface area contributed by atoms with Crippen molar-refractivity contribution in [2.24, 2.45) is 0 Å². The van der Waals surface area contributed by atoms with E-state index in [1.54, 1.807) is 18.2 Å². The zero-order valence-electron chi connectivity index (χ0n) is 9.43. The molecule has 0 aliphatic rings. The maximum Gasteiger partial charge on any atom is 0.167 e. The highest BCUT2D eigenvalue weighted by molar-refractivity contribution is 5.76. The average molecular weight is 231 g/mol. The lowest BCUT2D eigenvalue weighted by Crippen LogP contribution is -1.96. The number of nitrogen functional groups attached to an aromatic ring is 1. The first-order valence-corrected chi connectivity index (χ1v) is 5.28. The number of nitrogens with zero attached hydrogens (tertiary/aromatic N) is 1. The van der Waals surface area contributed by atoms with Crippen LogP contribution in [0.3, 0.4) is 0 Å². The Kier molecular flexibility index (Phi) is 3.09. The van der Waals surface area contributed by atoms with Gasteiger partial charge in [-0.15, -0.1) is 0 Å². The molecule has 3 N–H and O–H groups in total. The Bertz CT molecular complexity index is 534. The van der Waals surface area contributed by atoms with Gasteiger partial charge in [-0.2, -0.15) is 5.10 Å². The van der Waals surface area contributed by atoms with E-state index < -0.39 is 0 Å². The Hall–Kier alpha value is -2.30. The number of aromatic amines is 1. The molecule has 2 aromatic rings. The average Bonchev–Trinajstić information content (AvgIpc) is 2.80. The zero-order valence-corrected chi connectivity index (χ0v) is 9.43. The van der Waals surface area contributed by atoms with E-state index in [2.05, 4.69) is 10.2 Å². The van der Waals surface area contributed by atoms with Gasteiger partial charge in [0.15, 0.2) is 6.29 Å². The highest BCUT2D eigenvalue weighted by atomic mass is 16.5. The number of benzene rings is 1. The topological polar surface area (TPSA) is 81.0 Å². The summed E-state index contributed by atoms with van der Waals surface area (Å²) < 4.78 is 5.34. The predicted molar refractivity (Wildman–Crippen MR) is 65.0 cm³/mol. The summed E-state index contributed by atoms with van der Waals surface area (Å²) in [4.78, 5) is 10.5. The second-order valence-corrected chi connectivity index (χ2v) is 3.51. The lowest BCUT2D eigenvalue weighted by molar-refractivity contribution is 0.111. The van der Waals surface area contributed by atoms with Gasteiger partial charge in [-0.05, 0) is 31.2 Å². The highest BCUT2D eigenvalue weighted by Crippen LogP contribution is 2.27.